The minimum atomic E-state index is -0.407. The Kier molecular flexibility index (Phi) is 1.66. The van der Waals surface area contributed by atoms with Crippen molar-refractivity contribution in [3.05, 3.63) is 11.3 Å². The van der Waals surface area contributed by atoms with Crippen molar-refractivity contribution in [3.8, 4) is 0 Å². The molecule has 3 heteroatoms. The van der Waals surface area contributed by atoms with Crippen LogP contribution in [-0.2, 0) is 4.79 Å². The van der Waals surface area contributed by atoms with Crippen LogP contribution in [0.5, 0.6) is 0 Å². The molecule has 0 saturated carbocycles. The highest BCUT2D eigenvalue weighted by molar-refractivity contribution is 5.96. The van der Waals surface area contributed by atoms with E-state index in [2.05, 4.69) is 10.2 Å². The third-order valence-corrected chi connectivity index (χ3v) is 1.78. The van der Waals surface area contributed by atoms with Crippen molar-refractivity contribution in [2.75, 3.05) is 0 Å². The number of allylic oxidation sites excluding steroid dienone is 1. The molecule has 0 N–H and O–H groups in total. The molecule has 1 aliphatic rings. The minimum absolute atomic E-state index is 0.0671. The molecule has 0 spiro atoms. The number of rotatable bonds is 1. The number of ketones is 1. The lowest BCUT2D eigenvalue weighted by Crippen LogP contribution is -2.22. The molecule has 1 aliphatic heterocycles. The second kappa shape index (κ2) is 2.26. The minimum Gasteiger partial charge on any atom is -0.295 e. The van der Waals surface area contributed by atoms with Gasteiger partial charge in [0, 0.05) is 5.57 Å². The Hall–Kier alpha value is -0.990. The van der Waals surface area contributed by atoms with E-state index in [9.17, 15) is 4.79 Å². The number of hydrogen-bond acceptors (Lipinski definition) is 3. The highest BCUT2D eigenvalue weighted by Crippen LogP contribution is 2.31. The molecule has 0 aromatic rings. The molecule has 0 saturated heterocycles. The van der Waals surface area contributed by atoms with Crippen LogP contribution >= 0.6 is 0 Å². The fourth-order valence-corrected chi connectivity index (χ4v) is 1.43. The highest BCUT2D eigenvalue weighted by Gasteiger charge is 2.32. The molecule has 0 fully saturated rings. The molecular formula is C8H12N2O. The second-order valence-corrected chi connectivity index (χ2v) is 3.28. The maximum Gasteiger partial charge on any atom is 0.160 e. The first-order chi connectivity index (χ1) is 4.95. The topological polar surface area (TPSA) is 41.8 Å². The van der Waals surface area contributed by atoms with Crippen LogP contribution in [0.4, 0.5) is 0 Å². The van der Waals surface area contributed by atoms with E-state index in [0.29, 0.717) is 0 Å². The van der Waals surface area contributed by atoms with Crippen molar-refractivity contribution < 1.29 is 4.79 Å². The van der Waals surface area contributed by atoms with Gasteiger partial charge < -0.3 is 0 Å². The molecule has 0 aliphatic carbocycles. The van der Waals surface area contributed by atoms with Gasteiger partial charge in [-0.3, -0.25) is 4.79 Å². The van der Waals surface area contributed by atoms with Gasteiger partial charge in [0.25, 0.3) is 0 Å². The summed E-state index contributed by atoms with van der Waals surface area (Å²) < 4.78 is 0. The summed E-state index contributed by atoms with van der Waals surface area (Å²) in [5.41, 5.74) is 1.08. The van der Waals surface area contributed by atoms with E-state index >= 15 is 0 Å². The summed E-state index contributed by atoms with van der Waals surface area (Å²) in [6.45, 7) is 7.15. The third-order valence-electron chi connectivity index (χ3n) is 1.78. The number of carbonyl (C=O) groups excluding carboxylic acids is 1. The van der Waals surface area contributed by atoms with Gasteiger partial charge in [-0.15, -0.1) is 0 Å². The van der Waals surface area contributed by atoms with E-state index in [1.54, 1.807) is 6.92 Å². The Bertz CT molecular complexity index is 261. The quantitative estimate of drug-likeness (QED) is 0.567. The molecule has 0 atom stereocenters. The summed E-state index contributed by atoms with van der Waals surface area (Å²) in [4.78, 5) is 11.1. The van der Waals surface area contributed by atoms with Crippen LogP contribution in [0, 0.1) is 0 Å². The zero-order chi connectivity index (χ0) is 8.65. The normalized spacial score (nSPS) is 21.1. The van der Waals surface area contributed by atoms with E-state index in [1.165, 1.54) is 0 Å². The molecule has 3 nitrogen and oxygen atoms in total. The number of azo groups is 1. The highest BCUT2D eigenvalue weighted by atomic mass is 16.1. The maximum atomic E-state index is 11.1. The lowest BCUT2D eigenvalue weighted by atomic mass is 9.92. The number of hydrogen-bond donors (Lipinski definition) is 0. The molecule has 0 aromatic heterocycles. The molecule has 0 bridgehead atoms. The third kappa shape index (κ3) is 1.23. The number of Topliss-reactive ketones (excluding diaryl/α,β-unsaturated/α-hetero) is 1. The molecule has 0 aromatic carbocycles. The van der Waals surface area contributed by atoms with Gasteiger partial charge in [0.05, 0.1) is 5.70 Å². The van der Waals surface area contributed by atoms with Crippen LogP contribution < -0.4 is 0 Å². The Labute approximate surface area is 66.2 Å². The van der Waals surface area contributed by atoms with Gasteiger partial charge in [-0.1, -0.05) is 0 Å². The zero-order valence-electron chi connectivity index (χ0n) is 7.30. The van der Waals surface area contributed by atoms with Crippen LogP contribution in [0.25, 0.3) is 0 Å². The smallest absolute Gasteiger partial charge is 0.160 e. The first-order valence-corrected chi connectivity index (χ1v) is 3.60. The van der Waals surface area contributed by atoms with Crippen molar-refractivity contribution in [1.82, 2.24) is 0 Å². The van der Waals surface area contributed by atoms with Gasteiger partial charge in [0.1, 0.15) is 5.54 Å². The van der Waals surface area contributed by atoms with Crippen LogP contribution in [0.2, 0.25) is 0 Å². The summed E-state index contributed by atoms with van der Waals surface area (Å²) >= 11 is 0. The predicted octanol–water partition coefficient (Wildman–Crippen LogP) is 2.09. The van der Waals surface area contributed by atoms with Crippen molar-refractivity contribution >= 4 is 5.78 Å². The average Bonchev–Trinajstić information content (AvgIpc) is 2.06. The maximum absolute atomic E-state index is 11.1. The van der Waals surface area contributed by atoms with Gasteiger partial charge in [-0.05, 0) is 27.7 Å². The molecule has 0 unspecified atom stereocenters. The Morgan fingerprint density at radius 2 is 2.00 bits per heavy atom. The summed E-state index contributed by atoms with van der Waals surface area (Å²) in [6.07, 6.45) is 0. The summed E-state index contributed by atoms with van der Waals surface area (Å²) in [7, 11) is 0. The van der Waals surface area contributed by atoms with Crippen LogP contribution in [0.15, 0.2) is 21.5 Å². The summed E-state index contributed by atoms with van der Waals surface area (Å²) in [6, 6.07) is 0. The number of nitrogens with zero attached hydrogens (tertiary/aromatic N) is 2. The van der Waals surface area contributed by atoms with Gasteiger partial charge in [-0.25, -0.2) is 0 Å². The van der Waals surface area contributed by atoms with E-state index in [-0.39, 0.29) is 5.78 Å². The van der Waals surface area contributed by atoms with E-state index in [4.69, 9.17) is 0 Å². The molecule has 0 radical (unpaired) electrons. The summed E-state index contributed by atoms with van der Waals surface area (Å²) in [5.74, 6) is 0.0671. The monoisotopic (exact) mass is 152 g/mol. The van der Waals surface area contributed by atoms with Crippen molar-refractivity contribution in [1.29, 1.82) is 0 Å². The fraction of sp³-hybridized carbons (Fsp3) is 0.625. The molecule has 1 rings (SSSR count). The fourth-order valence-electron chi connectivity index (χ4n) is 1.43. The Morgan fingerprint density at radius 1 is 1.45 bits per heavy atom. The average molecular weight is 152 g/mol. The van der Waals surface area contributed by atoms with Gasteiger partial charge in [0.2, 0.25) is 0 Å². The van der Waals surface area contributed by atoms with Crippen LogP contribution in [-0.4, -0.2) is 11.3 Å². The van der Waals surface area contributed by atoms with E-state index in [0.717, 1.165) is 11.3 Å². The SMILES string of the molecule is CC(=O)C1=C(C)N=NC1(C)C. The number of carbonyl (C=O) groups is 1. The first kappa shape index (κ1) is 8.11. The molecule has 1 heterocycles. The predicted molar refractivity (Wildman–Crippen MR) is 42.3 cm³/mol. The van der Waals surface area contributed by atoms with E-state index in [1.807, 2.05) is 20.8 Å². The van der Waals surface area contributed by atoms with Gasteiger partial charge in [-0.2, -0.15) is 10.2 Å². The van der Waals surface area contributed by atoms with Crippen LogP contribution in [0.3, 0.4) is 0 Å². The largest absolute Gasteiger partial charge is 0.295 e. The van der Waals surface area contributed by atoms with Crippen molar-refractivity contribution in [2.45, 2.75) is 33.2 Å². The molecule has 0 amide bonds. The first-order valence-electron chi connectivity index (χ1n) is 3.60. The molecule has 60 valence electrons. The standard InChI is InChI=1S/C8H12N2O/c1-5-7(6(2)11)8(3,4)10-9-5/h1-4H3. The molecule has 11 heavy (non-hydrogen) atoms. The van der Waals surface area contributed by atoms with Crippen molar-refractivity contribution in [2.24, 2.45) is 10.2 Å². The second-order valence-electron chi connectivity index (χ2n) is 3.28. The Morgan fingerprint density at radius 3 is 2.18 bits per heavy atom. The lowest BCUT2D eigenvalue weighted by Gasteiger charge is -2.14. The van der Waals surface area contributed by atoms with Gasteiger partial charge in [0.15, 0.2) is 5.78 Å². The lowest BCUT2D eigenvalue weighted by molar-refractivity contribution is -0.114. The Balaban J connectivity index is 3.12. The van der Waals surface area contributed by atoms with Crippen LogP contribution in [0.1, 0.15) is 27.7 Å². The zero-order valence-corrected chi connectivity index (χ0v) is 7.30. The molecular weight excluding hydrogens is 140 g/mol. The van der Waals surface area contributed by atoms with E-state index < -0.39 is 5.54 Å². The summed E-state index contributed by atoms with van der Waals surface area (Å²) in [5, 5.41) is 7.86. The van der Waals surface area contributed by atoms with Gasteiger partial charge >= 0.3 is 0 Å². The van der Waals surface area contributed by atoms with Crippen molar-refractivity contribution in [3.63, 3.8) is 0 Å².